The van der Waals surface area contributed by atoms with E-state index >= 15 is 0 Å². The van der Waals surface area contributed by atoms with Crippen LogP contribution in [0.25, 0.3) is 0 Å². The molecule has 3 heterocycles. The smallest absolute Gasteiger partial charge is 0.111 e. The van der Waals surface area contributed by atoms with Crippen LogP contribution in [0, 0.1) is 5.92 Å². The van der Waals surface area contributed by atoms with E-state index in [2.05, 4.69) is 46.0 Å². The number of hydrogen-bond acceptors (Lipinski definition) is 3. The van der Waals surface area contributed by atoms with Gasteiger partial charge in [-0.15, -0.1) is 0 Å². The summed E-state index contributed by atoms with van der Waals surface area (Å²) < 4.78 is 0. The lowest BCUT2D eigenvalue weighted by molar-refractivity contribution is 0.581. The van der Waals surface area contributed by atoms with Gasteiger partial charge in [0.25, 0.3) is 0 Å². The monoisotopic (exact) mass is 199 g/mol. The van der Waals surface area contributed by atoms with E-state index in [-0.39, 0.29) is 0 Å². The maximum Gasteiger partial charge on any atom is 0.111 e. The summed E-state index contributed by atoms with van der Waals surface area (Å²) in [4.78, 5) is 2.39. The topological polar surface area (TPSA) is 27.3 Å². The Morgan fingerprint density at radius 3 is 3.20 bits per heavy atom. The SMILES string of the molecule is C1=C2CNCC2C2Nc3ccccc3N12. The Bertz CT molecular complexity index is 452. The maximum absolute atomic E-state index is 3.60. The Morgan fingerprint density at radius 1 is 1.27 bits per heavy atom. The van der Waals surface area contributed by atoms with E-state index in [1.54, 1.807) is 5.57 Å². The summed E-state index contributed by atoms with van der Waals surface area (Å²) in [5.41, 5.74) is 4.14. The van der Waals surface area contributed by atoms with E-state index in [0.717, 1.165) is 13.1 Å². The second kappa shape index (κ2) is 2.55. The highest BCUT2D eigenvalue weighted by Gasteiger charge is 2.42. The van der Waals surface area contributed by atoms with Crippen LogP contribution in [0.1, 0.15) is 0 Å². The molecule has 15 heavy (non-hydrogen) atoms. The fourth-order valence-electron chi connectivity index (χ4n) is 2.91. The summed E-state index contributed by atoms with van der Waals surface area (Å²) in [6.07, 6.45) is 2.76. The molecule has 2 atom stereocenters. The molecule has 0 aromatic heterocycles. The predicted octanol–water partition coefficient (Wildman–Crippen LogP) is 1.36. The number of anilines is 2. The van der Waals surface area contributed by atoms with Crippen LogP contribution in [0.5, 0.6) is 0 Å². The first-order valence-corrected chi connectivity index (χ1v) is 5.49. The Morgan fingerprint density at radius 2 is 2.20 bits per heavy atom. The molecule has 0 bridgehead atoms. The number of benzene rings is 1. The van der Waals surface area contributed by atoms with Gasteiger partial charge >= 0.3 is 0 Å². The highest BCUT2D eigenvalue weighted by Crippen LogP contribution is 2.43. The molecule has 0 amide bonds. The average Bonchev–Trinajstić information content (AvgIpc) is 2.87. The fraction of sp³-hybridized carbons (Fsp3) is 0.333. The molecule has 3 aliphatic rings. The average molecular weight is 199 g/mol. The van der Waals surface area contributed by atoms with Crippen molar-refractivity contribution in [3.8, 4) is 0 Å². The summed E-state index contributed by atoms with van der Waals surface area (Å²) in [5, 5.41) is 7.03. The zero-order chi connectivity index (χ0) is 9.83. The Labute approximate surface area is 88.8 Å². The highest BCUT2D eigenvalue weighted by atomic mass is 15.3. The van der Waals surface area contributed by atoms with Crippen molar-refractivity contribution in [1.29, 1.82) is 0 Å². The number of nitrogens with one attached hydrogen (secondary N) is 2. The quantitative estimate of drug-likeness (QED) is 0.660. The number of para-hydroxylation sites is 2. The van der Waals surface area contributed by atoms with Gasteiger partial charge in [0.05, 0.1) is 11.4 Å². The van der Waals surface area contributed by atoms with Crippen molar-refractivity contribution in [2.75, 3.05) is 23.3 Å². The van der Waals surface area contributed by atoms with E-state index in [1.807, 2.05) is 0 Å². The van der Waals surface area contributed by atoms with E-state index in [0.29, 0.717) is 12.1 Å². The summed E-state index contributed by atoms with van der Waals surface area (Å²) in [5.74, 6) is 0.650. The van der Waals surface area contributed by atoms with Gasteiger partial charge in [-0.25, -0.2) is 0 Å². The largest absolute Gasteiger partial charge is 0.363 e. The normalized spacial score (nSPS) is 30.7. The lowest BCUT2D eigenvalue weighted by Gasteiger charge is -2.21. The molecule has 3 aliphatic heterocycles. The van der Waals surface area contributed by atoms with Gasteiger partial charge in [-0.2, -0.15) is 0 Å². The minimum Gasteiger partial charge on any atom is -0.363 e. The van der Waals surface area contributed by atoms with Crippen LogP contribution in [0.3, 0.4) is 0 Å². The van der Waals surface area contributed by atoms with Gasteiger partial charge in [0.15, 0.2) is 0 Å². The zero-order valence-corrected chi connectivity index (χ0v) is 8.40. The second-order valence-corrected chi connectivity index (χ2v) is 4.46. The summed E-state index contributed by atoms with van der Waals surface area (Å²) in [6, 6.07) is 8.54. The molecule has 0 aliphatic carbocycles. The molecular formula is C12H13N3. The van der Waals surface area contributed by atoms with E-state index in [9.17, 15) is 0 Å². The molecule has 1 saturated heterocycles. The summed E-state index contributed by atoms with van der Waals surface area (Å²) >= 11 is 0. The van der Waals surface area contributed by atoms with Gasteiger partial charge in [0.2, 0.25) is 0 Å². The van der Waals surface area contributed by atoms with Crippen LogP contribution in [-0.2, 0) is 0 Å². The first-order valence-electron chi connectivity index (χ1n) is 5.49. The van der Waals surface area contributed by atoms with E-state index in [1.165, 1.54) is 11.4 Å². The lowest BCUT2D eigenvalue weighted by Crippen LogP contribution is -2.35. The molecule has 1 fully saturated rings. The molecule has 76 valence electrons. The molecule has 0 radical (unpaired) electrons. The van der Waals surface area contributed by atoms with Crippen molar-refractivity contribution >= 4 is 11.4 Å². The molecule has 4 rings (SSSR count). The van der Waals surface area contributed by atoms with Crippen LogP contribution in [0.2, 0.25) is 0 Å². The number of nitrogens with zero attached hydrogens (tertiary/aromatic N) is 1. The summed E-state index contributed by atoms with van der Waals surface area (Å²) in [7, 11) is 0. The summed E-state index contributed by atoms with van der Waals surface area (Å²) in [6.45, 7) is 2.16. The zero-order valence-electron chi connectivity index (χ0n) is 8.40. The van der Waals surface area contributed by atoms with Crippen molar-refractivity contribution < 1.29 is 0 Å². The van der Waals surface area contributed by atoms with Crippen LogP contribution in [-0.4, -0.2) is 19.3 Å². The van der Waals surface area contributed by atoms with Crippen LogP contribution >= 0.6 is 0 Å². The lowest BCUT2D eigenvalue weighted by atomic mass is 10.0. The highest BCUT2D eigenvalue weighted by molar-refractivity contribution is 5.79. The first kappa shape index (κ1) is 7.77. The van der Waals surface area contributed by atoms with Gasteiger partial charge in [0.1, 0.15) is 6.17 Å². The fourth-order valence-corrected chi connectivity index (χ4v) is 2.91. The minimum absolute atomic E-state index is 0.451. The van der Waals surface area contributed by atoms with Gasteiger partial charge in [-0.3, -0.25) is 0 Å². The Balaban J connectivity index is 1.83. The van der Waals surface area contributed by atoms with E-state index in [4.69, 9.17) is 0 Å². The van der Waals surface area contributed by atoms with Gasteiger partial charge < -0.3 is 15.5 Å². The molecular weight excluding hydrogens is 186 g/mol. The van der Waals surface area contributed by atoms with Crippen molar-refractivity contribution in [3.05, 3.63) is 36.0 Å². The van der Waals surface area contributed by atoms with Crippen molar-refractivity contribution in [1.82, 2.24) is 5.32 Å². The third-order valence-electron chi connectivity index (χ3n) is 3.64. The molecule has 3 nitrogen and oxygen atoms in total. The molecule has 0 spiro atoms. The maximum atomic E-state index is 3.60. The van der Waals surface area contributed by atoms with Crippen molar-refractivity contribution in [2.24, 2.45) is 5.92 Å². The van der Waals surface area contributed by atoms with E-state index < -0.39 is 0 Å². The number of rotatable bonds is 0. The van der Waals surface area contributed by atoms with Crippen LogP contribution in [0.4, 0.5) is 11.4 Å². The predicted molar refractivity (Wildman–Crippen MR) is 60.8 cm³/mol. The van der Waals surface area contributed by atoms with Gasteiger partial charge in [0, 0.05) is 25.2 Å². The third kappa shape index (κ3) is 0.887. The standard InChI is InChI=1S/C12H13N3/c1-2-4-11-10(3-1)14-12-9-6-13-5-8(9)7-15(11)12/h1-4,7,9,12-14H,5-6H2. The Hall–Kier alpha value is -1.48. The second-order valence-electron chi connectivity index (χ2n) is 4.46. The third-order valence-corrected chi connectivity index (χ3v) is 3.64. The van der Waals surface area contributed by atoms with Crippen molar-refractivity contribution in [3.63, 3.8) is 0 Å². The Kier molecular flexibility index (Phi) is 1.32. The van der Waals surface area contributed by atoms with Gasteiger partial charge in [-0.1, -0.05) is 12.1 Å². The molecule has 3 heteroatoms. The number of fused-ring (bicyclic) bond motifs is 5. The molecule has 1 aromatic rings. The van der Waals surface area contributed by atoms with Crippen molar-refractivity contribution in [2.45, 2.75) is 6.17 Å². The van der Waals surface area contributed by atoms with Gasteiger partial charge in [-0.05, 0) is 17.7 Å². The molecule has 1 aromatic carbocycles. The molecule has 0 saturated carbocycles. The minimum atomic E-state index is 0.451. The molecule has 2 N–H and O–H groups in total. The molecule has 2 unspecified atom stereocenters. The van der Waals surface area contributed by atoms with Crippen LogP contribution < -0.4 is 15.5 Å². The number of hydrogen-bond donors (Lipinski definition) is 2. The van der Waals surface area contributed by atoms with Crippen LogP contribution in [0.15, 0.2) is 36.0 Å². The first-order chi connectivity index (χ1) is 7.43.